The predicted molar refractivity (Wildman–Crippen MR) is 94.6 cm³/mol. The van der Waals surface area contributed by atoms with Crippen molar-refractivity contribution in [1.82, 2.24) is 14.9 Å². The fraction of sp³-hybridized carbons (Fsp3) is 0.200. The molecule has 2 heterocycles. The number of carbonyl (C=O) groups excluding carboxylic acids is 1. The maximum Gasteiger partial charge on any atom is 0.240 e. The van der Waals surface area contributed by atoms with Gasteiger partial charge in [0.2, 0.25) is 5.91 Å². The second-order valence-corrected chi connectivity index (χ2v) is 5.99. The molecule has 3 rings (SSSR count). The lowest BCUT2D eigenvalue weighted by Gasteiger charge is -2.20. The Kier molecular flexibility index (Phi) is 4.75. The van der Waals surface area contributed by atoms with Gasteiger partial charge in [0, 0.05) is 24.8 Å². The number of hydrogen-bond donors (Lipinski definition) is 1. The van der Waals surface area contributed by atoms with E-state index < -0.39 is 0 Å². The van der Waals surface area contributed by atoms with Crippen LogP contribution in [0.5, 0.6) is 0 Å². The van der Waals surface area contributed by atoms with Gasteiger partial charge >= 0.3 is 0 Å². The van der Waals surface area contributed by atoms with Crippen molar-refractivity contribution in [2.45, 2.75) is 26.4 Å². The zero-order valence-electron chi connectivity index (χ0n) is 13.9. The summed E-state index contributed by atoms with van der Waals surface area (Å²) < 4.78 is 1.86. The molecule has 0 bridgehead atoms. The molecule has 4 nitrogen and oxygen atoms in total. The van der Waals surface area contributed by atoms with Crippen LogP contribution in [0.25, 0.3) is 0 Å². The number of benzene rings is 1. The van der Waals surface area contributed by atoms with E-state index in [2.05, 4.69) is 42.3 Å². The zero-order valence-corrected chi connectivity index (χ0v) is 13.9. The Hall–Kier alpha value is -2.88. The van der Waals surface area contributed by atoms with Gasteiger partial charge in [0.1, 0.15) is 6.54 Å². The molecule has 1 aromatic carbocycles. The summed E-state index contributed by atoms with van der Waals surface area (Å²) in [6.45, 7) is 4.47. The van der Waals surface area contributed by atoms with Crippen LogP contribution in [-0.2, 0) is 11.3 Å². The highest BCUT2D eigenvalue weighted by Gasteiger charge is 2.17. The minimum absolute atomic E-state index is 0.0294. The minimum atomic E-state index is -0.207. The van der Waals surface area contributed by atoms with E-state index in [9.17, 15) is 4.79 Å². The molecule has 1 atom stereocenters. The Morgan fingerprint density at radius 2 is 1.88 bits per heavy atom. The smallest absolute Gasteiger partial charge is 0.240 e. The first-order valence-electron chi connectivity index (χ1n) is 8.00. The van der Waals surface area contributed by atoms with Crippen molar-refractivity contribution >= 4 is 5.91 Å². The fourth-order valence-electron chi connectivity index (χ4n) is 2.70. The Labute approximate surface area is 142 Å². The number of rotatable bonds is 5. The minimum Gasteiger partial charge on any atom is -0.345 e. The topological polar surface area (TPSA) is 46.9 Å². The summed E-state index contributed by atoms with van der Waals surface area (Å²) in [7, 11) is 0. The maximum absolute atomic E-state index is 12.5. The molecule has 1 unspecified atom stereocenters. The number of nitrogens with zero attached hydrogens (tertiary/aromatic N) is 2. The van der Waals surface area contributed by atoms with Gasteiger partial charge in [0.05, 0.1) is 6.04 Å². The average Bonchev–Trinajstić information content (AvgIpc) is 3.09. The van der Waals surface area contributed by atoms with E-state index in [0.29, 0.717) is 6.54 Å². The van der Waals surface area contributed by atoms with Crippen molar-refractivity contribution in [2.75, 3.05) is 0 Å². The van der Waals surface area contributed by atoms with Crippen LogP contribution in [0.4, 0.5) is 0 Å². The molecule has 0 radical (unpaired) electrons. The fourth-order valence-corrected chi connectivity index (χ4v) is 2.70. The van der Waals surface area contributed by atoms with Crippen LogP contribution in [0.1, 0.15) is 28.3 Å². The molecule has 0 aliphatic rings. The molecular formula is C20H21N3O. The number of hydrogen-bond acceptors (Lipinski definition) is 2. The molecule has 4 heteroatoms. The first-order valence-corrected chi connectivity index (χ1v) is 8.00. The Morgan fingerprint density at radius 3 is 2.54 bits per heavy atom. The van der Waals surface area contributed by atoms with Gasteiger partial charge in [0.15, 0.2) is 0 Å². The first-order chi connectivity index (χ1) is 11.6. The third-order valence-electron chi connectivity index (χ3n) is 4.18. The maximum atomic E-state index is 12.5. The van der Waals surface area contributed by atoms with Gasteiger partial charge in [-0.05, 0) is 54.3 Å². The zero-order chi connectivity index (χ0) is 16.9. The molecule has 1 N–H and O–H groups in total. The predicted octanol–water partition coefficient (Wildman–Crippen LogP) is 3.41. The van der Waals surface area contributed by atoms with Crippen molar-refractivity contribution in [2.24, 2.45) is 0 Å². The van der Waals surface area contributed by atoms with Gasteiger partial charge in [0.25, 0.3) is 0 Å². The van der Waals surface area contributed by atoms with Crippen LogP contribution in [0, 0.1) is 13.8 Å². The van der Waals surface area contributed by atoms with Crippen molar-refractivity contribution in [3.63, 3.8) is 0 Å². The SMILES string of the molecule is Cc1ccc(C(NC(=O)Cn2cccc2)c2cccnc2)cc1C. The highest BCUT2D eigenvalue weighted by Crippen LogP contribution is 2.23. The van der Waals surface area contributed by atoms with E-state index >= 15 is 0 Å². The van der Waals surface area contributed by atoms with Gasteiger partial charge in [-0.25, -0.2) is 0 Å². The lowest BCUT2D eigenvalue weighted by Crippen LogP contribution is -2.32. The third kappa shape index (κ3) is 3.71. The number of nitrogens with one attached hydrogen (secondary N) is 1. The molecular weight excluding hydrogens is 298 g/mol. The molecule has 2 aromatic heterocycles. The number of aromatic nitrogens is 2. The van der Waals surface area contributed by atoms with E-state index in [1.165, 1.54) is 11.1 Å². The van der Waals surface area contributed by atoms with Gasteiger partial charge in [-0.3, -0.25) is 9.78 Å². The summed E-state index contributed by atoms with van der Waals surface area (Å²) in [5.74, 6) is -0.0294. The van der Waals surface area contributed by atoms with Gasteiger partial charge < -0.3 is 9.88 Å². The second-order valence-electron chi connectivity index (χ2n) is 5.99. The molecule has 0 aliphatic heterocycles. The van der Waals surface area contributed by atoms with Crippen LogP contribution in [-0.4, -0.2) is 15.5 Å². The first kappa shape index (κ1) is 16.0. The molecule has 0 saturated carbocycles. The largest absolute Gasteiger partial charge is 0.345 e. The molecule has 24 heavy (non-hydrogen) atoms. The summed E-state index contributed by atoms with van der Waals surface area (Å²) >= 11 is 0. The molecule has 122 valence electrons. The summed E-state index contributed by atoms with van der Waals surface area (Å²) in [5, 5.41) is 3.13. The molecule has 0 saturated heterocycles. The summed E-state index contributed by atoms with van der Waals surface area (Å²) in [5.41, 5.74) is 4.48. The number of pyridine rings is 1. The lowest BCUT2D eigenvalue weighted by molar-refractivity contribution is -0.122. The van der Waals surface area contributed by atoms with Gasteiger partial charge in [-0.1, -0.05) is 24.3 Å². The lowest BCUT2D eigenvalue weighted by atomic mass is 9.96. The van der Waals surface area contributed by atoms with Crippen molar-refractivity contribution < 1.29 is 4.79 Å². The molecule has 0 fully saturated rings. The Balaban J connectivity index is 1.87. The van der Waals surface area contributed by atoms with Crippen molar-refractivity contribution in [3.8, 4) is 0 Å². The van der Waals surface area contributed by atoms with Crippen molar-refractivity contribution in [3.05, 3.63) is 89.5 Å². The summed E-state index contributed by atoms with van der Waals surface area (Å²) in [4.78, 5) is 16.7. The van der Waals surface area contributed by atoms with Crippen LogP contribution in [0.2, 0.25) is 0 Å². The van der Waals surface area contributed by atoms with E-state index in [0.717, 1.165) is 11.1 Å². The molecule has 3 aromatic rings. The quantitative estimate of drug-likeness (QED) is 0.783. The van der Waals surface area contributed by atoms with Gasteiger partial charge in [-0.2, -0.15) is 0 Å². The van der Waals surface area contributed by atoms with Crippen molar-refractivity contribution in [1.29, 1.82) is 0 Å². The Morgan fingerprint density at radius 1 is 1.08 bits per heavy atom. The molecule has 0 aliphatic carbocycles. The van der Waals surface area contributed by atoms with Crippen LogP contribution in [0.3, 0.4) is 0 Å². The number of amides is 1. The Bertz CT molecular complexity index is 810. The van der Waals surface area contributed by atoms with Crippen LogP contribution < -0.4 is 5.32 Å². The monoisotopic (exact) mass is 319 g/mol. The highest BCUT2D eigenvalue weighted by atomic mass is 16.2. The van der Waals surface area contributed by atoms with Gasteiger partial charge in [-0.15, -0.1) is 0 Å². The normalized spacial score (nSPS) is 11.9. The number of aryl methyl sites for hydroxylation is 2. The van der Waals surface area contributed by atoms with E-state index in [1.54, 1.807) is 12.4 Å². The van der Waals surface area contributed by atoms with Crippen LogP contribution >= 0.6 is 0 Å². The average molecular weight is 319 g/mol. The van der Waals surface area contributed by atoms with Crippen LogP contribution in [0.15, 0.2) is 67.3 Å². The highest BCUT2D eigenvalue weighted by molar-refractivity contribution is 5.76. The van der Waals surface area contributed by atoms with E-state index in [1.807, 2.05) is 41.2 Å². The summed E-state index contributed by atoms with van der Waals surface area (Å²) in [6, 6.07) is 13.8. The van der Waals surface area contributed by atoms with E-state index in [4.69, 9.17) is 0 Å². The van der Waals surface area contributed by atoms with E-state index in [-0.39, 0.29) is 11.9 Å². The molecule has 1 amide bonds. The summed E-state index contributed by atoms with van der Waals surface area (Å²) in [6.07, 6.45) is 7.31. The number of carbonyl (C=O) groups is 1. The standard InChI is InChI=1S/C20H21N3O/c1-15-7-8-17(12-16(15)2)20(18-6-5-9-21-13-18)22-19(24)14-23-10-3-4-11-23/h3-13,20H,14H2,1-2H3,(H,22,24). The third-order valence-corrected chi connectivity index (χ3v) is 4.18. The molecule has 0 spiro atoms. The second kappa shape index (κ2) is 7.13.